The fraction of sp³-hybridized carbons (Fsp3) is 1.00. The third-order valence-corrected chi connectivity index (χ3v) is 1.93. The molecule has 7 heavy (non-hydrogen) atoms. The van der Waals surface area contributed by atoms with Gasteiger partial charge in [0.15, 0.2) is 0 Å². The topological polar surface area (TPSA) is 37.4 Å². The van der Waals surface area contributed by atoms with Crippen molar-refractivity contribution in [2.75, 3.05) is 13.1 Å². The predicted octanol–water partition coefficient (Wildman–Crippen LogP) is -0.781. The second-order valence-corrected chi connectivity index (χ2v) is 2.59. The van der Waals surface area contributed by atoms with Crippen LogP contribution in [-0.4, -0.2) is 25.8 Å². The molecule has 1 fully saturated rings. The quantitative estimate of drug-likeness (QED) is 0.462. The summed E-state index contributed by atoms with van der Waals surface area (Å²) < 4.78 is 21.3. The summed E-state index contributed by atoms with van der Waals surface area (Å²) in [5.41, 5.74) is 0. The highest BCUT2D eigenvalue weighted by Crippen LogP contribution is 2.03. The fourth-order valence-electron chi connectivity index (χ4n) is 0.463. The van der Waals surface area contributed by atoms with Crippen molar-refractivity contribution in [2.45, 2.75) is 6.42 Å². The van der Waals surface area contributed by atoms with Gasteiger partial charge in [-0.15, -0.1) is 0 Å². The van der Waals surface area contributed by atoms with E-state index in [1.165, 1.54) is 4.31 Å². The van der Waals surface area contributed by atoms with Crippen molar-refractivity contribution in [1.82, 2.24) is 4.31 Å². The number of hydrogen-bond acceptors (Lipinski definition) is 2. The Labute approximate surface area is 44.0 Å². The maximum atomic E-state index is 9.94. The van der Waals surface area contributed by atoms with Gasteiger partial charge in [-0.25, -0.2) is 12.7 Å². The van der Waals surface area contributed by atoms with E-state index < -0.39 is 10.9 Å². The van der Waals surface area contributed by atoms with Crippen LogP contribution in [-0.2, 0) is 10.9 Å². The third kappa shape index (κ3) is 0.920. The SMILES string of the molecule is O=[SH](=O)N1CCC1. The summed E-state index contributed by atoms with van der Waals surface area (Å²) in [6.45, 7) is 1.47. The van der Waals surface area contributed by atoms with Crippen LogP contribution >= 0.6 is 0 Å². The normalized spacial score (nSPS) is 22.4. The molecule has 0 unspecified atom stereocenters. The van der Waals surface area contributed by atoms with Gasteiger partial charge < -0.3 is 0 Å². The van der Waals surface area contributed by atoms with Crippen molar-refractivity contribution in [1.29, 1.82) is 0 Å². The van der Waals surface area contributed by atoms with Gasteiger partial charge in [-0.3, -0.25) is 0 Å². The first-order valence-corrected chi connectivity index (χ1v) is 3.33. The van der Waals surface area contributed by atoms with Crippen molar-refractivity contribution < 1.29 is 8.42 Å². The number of rotatable bonds is 1. The number of hydrogen-bond donors (Lipinski definition) is 1. The molecule has 1 saturated heterocycles. The molecule has 3 nitrogen and oxygen atoms in total. The summed E-state index contributed by atoms with van der Waals surface area (Å²) in [5.74, 6) is 0. The summed E-state index contributed by atoms with van der Waals surface area (Å²) in [4.78, 5) is 0. The highest BCUT2D eigenvalue weighted by molar-refractivity contribution is 7.69. The standard InChI is InChI=1S/C3H7NO2S/c5-7(6)4-2-1-3-4/h7H,1-3H2. The maximum Gasteiger partial charge on any atom is 0.203 e. The van der Waals surface area contributed by atoms with Gasteiger partial charge in [0.2, 0.25) is 10.9 Å². The molecule has 1 rings (SSSR count). The van der Waals surface area contributed by atoms with E-state index in [1.54, 1.807) is 0 Å². The van der Waals surface area contributed by atoms with Gasteiger partial charge in [0, 0.05) is 13.1 Å². The molecule has 0 aliphatic carbocycles. The maximum absolute atomic E-state index is 9.94. The molecule has 0 bridgehead atoms. The average molecular weight is 121 g/mol. The first kappa shape index (κ1) is 5.05. The van der Waals surface area contributed by atoms with Gasteiger partial charge in [0.25, 0.3) is 0 Å². The zero-order chi connectivity index (χ0) is 5.28. The summed E-state index contributed by atoms with van der Waals surface area (Å²) in [6.07, 6.45) is 1.03. The van der Waals surface area contributed by atoms with Crippen molar-refractivity contribution in [2.24, 2.45) is 0 Å². The van der Waals surface area contributed by atoms with E-state index in [0.29, 0.717) is 0 Å². The largest absolute Gasteiger partial charge is 0.215 e. The minimum absolute atomic E-state index is 0.735. The molecule has 4 heteroatoms. The summed E-state index contributed by atoms with van der Waals surface area (Å²) >= 11 is 0. The molecule has 1 heterocycles. The Morgan fingerprint density at radius 1 is 1.29 bits per heavy atom. The number of thiol groups is 1. The molecule has 42 valence electrons. The van der Waals surface area contributed by atoms with Gasteiger partial charge in [0.05, 0.1) is 0 Å². The lowest BCUT2D eigenvalue weighted by Crippen LogP contribution is -2.35. The summed E-state index contributed by atoms with van der Waals surface area (Å²) in [5, 5.41) is 0. The zero-order valence-corrected chi connectivity index (χ0v) is 4.73. The Morgan fingerprint density at radius 2 is 1.86 bits per heavy atom. The molecule has 0 saturated carbocycles. The summed E-state index contributed by atoms with van der Waals surface area (Å²) in [6, 6.07) is 0. The summed E-state index contributed by atoms with van der Waals surface area (Å²) in [7, 11) is -2.24. The van der Waals surface area contributed by atoms with Gasteiger partial charge in [0.1, 0.15) is 0 Å². The van der Waals surface area contributed by atoms with Crippen molar-refractivity contribution in [3.63, 3.8) is 0 Å². The van der Waals surface area contributed by atoms with Gasteiger partial charge in [-0.05, 0) is 6.42 Å². The molecular weight excluding hydrogens is 114 g/mol. The average Bonchev–Trinajstić information content (AvgIpc) is 1.23. The van der Waals surface area contributed by atoms with Crippen LogP contribution in [0.15, 0.2) is 0 Å². The first-order valence-electron chi connectivity index (χ1n) is 2.20. The lowest BCUT2D eigenvalue weighted by atomic mass is 10.3. The van der Waals surface area contributed by atoms with E-state index in [2.05, 4.69) is 0 Å². The smallest absolute Gasteiger partial charge is 0.203 e. The van der Waals surface area contributed by atoms with E-state index in [0.717, 1.165) is 19.5 Å². The zero-order valence-electron chi connectivity index (χ0n) is 3.83. The van der Waals surface area contributed by atoms with E-state index in [4.69, 9.17) is 0 Å². The minimum atomic E-state index is -2.24. The molecule has 0 atom stereocenters. The number of nitrogens with zero attached hydrogens (tertiary/aromatic N) is 1. The molecular formula is C3H7NO2S. The Kier molecular flexibility index (Phi) is 1.30. The van der Waals surface area contributed by atoms with Crippen LogP contribution in [0.1, 0.15) is 6.42 Å². The third-order valence-electron chi connectivity index (χ3n) is 1.06. The van der Waals surface area contributed by atoms with Crippen LogP contribution in [0, 0.1) is 0 Å². The van der Waals surface area contributed by atoms with Crippen LogP contribution in [0.4, 0.5) is 0 Å². The second kappa shape index (κ2) is 1.79. The lowest BCUT2D eigenvalue weighted by Gasteiger charge is -2.22. The molecule has 1 aliphatic heterocycles. The van der Waals surface area contributed by atoms with Crippen molar-refractivity contribution in [3.05, 3.63) is 0 Å². The Morgan fingerprint density at radius 3 is 1.86 bits per heavy atom. The molecule has 0 amide bonds. The van der Waals surface area contributed by atoms with E-state index >= 15 is 0 Å². The predicted molar refractivity (Wildman–Crippen MR) is 26.5 cm³/mol. The highest BCUT2D eigenvalue weighted by atomic mass is 32.2. The first-order chi connectivity index (χ1) is 3.30. The fourth-order valence-corrected chi connectivity index (χ4v) is 1.07. The molecule has 0 radical (unpaired) electrons. The Bertz CT molecular complexity index is 119. The molecule has 0 aromatic rings. The Hall–Kier alpha value is -0.0900. The lowest BCUT2D eigenvalue weighted by molar-refractivity contribution is 0.319. The van der Waals surface area contributed by atoms with Gasteiger partial charge >= 0.3 is 0 Å². The van der Waals surface area contributed by atoms with Crippen LogP contribution in [0.25, 0.3) is 0 Å². The molecule has 0 aromatic heterocycles. The Balaban J connectivity index is 2.41. The molecule has 0 aromatic carbocycles. The van der Waals surface area contributed by atoms with Gasteiger partial charge in [-0.1, -0.05) is 0 Å². The monoisotopic (exact) mass is 121 g/mol. The van der Waals surface area contributed by atoms with Crippen molar-refractivity contribution in [3.8, 4) is 0 Å². The van der Waals surface area contributed by atoms with E-state index in [9.17, 15) is 8.42 Å². The molecule has 0 N–H and O–H groups in total. The molecule has 0 spiro atoms. The van der Waals surface area contributed by atoms with Crippen LogP contribution < -0.4 is 0 Å². The van der Waals surface area contributed by atoms with Crippen LogP contribution in [0.3, 0.4) is 0 Å². The second-order valence-electron chi connectivity index (χ2n) is 1.55. The minimum Gasteiger partial charge on any atom is -0.215 e. The van der Waals surface area contributed by atoms with Crippen molar-refractivity contribution >= 4 is 10.9 Å². The van der Waals surface area contributed by atoms with Gasteiger partial charge in [-0.2, -0.15) is 0 Å². The highest BCUT2D eigenvalue weighted by Gasteiger charge is 2.14. The van der Waals surface area contributed by atoms with E-state index in [-0.39, 0.29) is 0 Å². The van der Waals surface area contributed by atoms with E-state index in [1.807, 2.05) is 0 Å². The molecule has 1 aliphatic rings. The van der Waals surface area contributed by atoms with Crippen LogP contribution in [0.2, 0.25) is 0 Å². The van der Waals surface area contributed by atoms with Crippen LogP contribution in [0.5, 0.6) is 0 Å².